The van der Waals surface area contributed by atoms with Gasteiger partial charge in [-0.15, -0.1) is 0 Å². The number of rotatable bonds is 4. The van der Waals surface area contributed by atoms with E-state index in [2.05, 4.69) is 5.32 Å². The van der Waals surface area contributed by atoms with Crippen LogP contribution in [-0.2, 0) is 0 Å². The predicted octanol–water partition coefficient (Wildman–Crippen LogP) is 2.24. The second-order valence-corrected chi connectivity index (χ2v) is 6.30. The number of primary amides is 1. The Morgan fingerprint density at radius 2 is 2.00 bits per heavy atom. The van der Waals surface area contributed by atoms with Crippen molar-refractivity contribution >= 4 is 17.5 Å². The lowest BCUT2D eigenvalue weighted by Crippen LogP contribution is -2.37. The SMILES string of the molecule is Cc1cc(F)cc(C(=O)NC2CCN(c3ccccc3C(N)=O)C2)c1. The molecule has 25 heavy (non-hydrogen) atoms. The quantitative estimate of drug-likeness (QED) is 0.895. The zero-order chi connectivity index (χ0) is 18.0. The van der Waals surface area contributed by atoms with Crippen LogP contribution in [-0.4, -0.2) is 30.9 Å². The minimum atomic E-state index is -0.474. The summed E-state index contributed by atoms with van der Waals surface area (Å²) in [7, 11) is 0. The maximum atomic E-state index is 13.5. The van der Waals surface area contributed by atoms with Crippen LogP contribution in [0.15, 0.2) is 42.5 Å². The standard InChI is InChI=1S/C19H20FN3O2/c1-12-8-13(10-14(20)9-12)19(25)22-15-6-7-23(11-15)17-5-3-2-4-16(17)18(21)24/h2-5,8-10,15H,6-7,11H2,1H3,(H2,21,24)(H,22,25). The molecule has 1 heterocycles. The van der Waals surface area contributed by atoms with Gasteiger partial charge in [0.1, 0.15) is 5.82 Å². The molecule has 0 radical (unpaired) electrons. The maximum Gasteiger partial charge on any atom is 0.251 e. The number of nitrogens with zero attached hydrogens (tertiary/aromatic N) is 1. The van der Waals surface area contributed by atoms with Crippen molar-refractivity contribution in [2.75, 3.05) is 18.0 Å². The summed E-state index contributed by atoms with van der Waals surface area (Å²) in [5.74, 6) is -1.19. The summed E-state index contributed by atoms with van der Waals surface area (Å²) in [5, 5.41) is 2.93. The second kappa shape index (κ2) is 6.93. The molecule has 1 fully saturated rings. The topological polar surface area (TPSA) is 75.4 Å². The third-order valence-corrected chi connectivity index (χ3v) is 4.34. The van der Waals surface area contributed by atoms with E-state index in [0.29, 0.717) is 29.8 Å². The van der Waals surface area contributed by atoms with Crippen LogP contribution in [0.2, 0.25) is 0 Å². The van der Waals surface area contributed by atoms with Crippen molar-refractivity contribution in [3.8, 4) is 0 Å². The predicted molar refractivity (Wildman–Crippen MR) is 94.2 cm³/mol. The van der Waals surface area contributed by atoms with Gasteiger partial charge in [0.25, 0.3) is 11.8 Å². The van der Waals surface area contributed by atoms with E-state index >= 15 is 0 Å². The van der Waals surface area contributed by atoms with Gasteiger partial charge in [-0.05, 0) is 49.2 Å². The molecule has 1 aliphatic rings. The molecule has 1 atom stereocenters. The van der Waals surface area contributed by atoms with Crippen LogP contribution < -0.4 is 16.0 Å². The number of nitrogens with one attached hydrogen (secondary N) is 1. The lowest BCUT2D eigenvalue weighted by atomic mass is 10.1. The molecule has 2 amide bonds. The second-order valence-electron chi connectivity index (χ2n) is 6.30. The number of anilines is 1. The molecule has 2 aromatic carbocycles. The van der Waals surface area contributed by atoms with Crippen molar-refractivity contribution in [2.45, 2.75) is 19.4 Å². The summed E-state index contributed by atoms with van der Waals surface area (Å²) in [6, 6.07) is 11.4. The first-order valence-corrected chi connectivity index (χ1v) is 8.16. The molecule has 3 rings (SSSR count). The molecular formula is C19H20FN3O2. The number of aryl methyl sites for hydroxylation is 1. The van der Waals surface area contributed by atoms with Gasteiger partial charge < -0.3 is 16.0 Å². The van der Waals surface area contributed by atoms with Gasteiger partial charge in [-0.25, -0.2) is 4.39 Å². The summed E-state index contributed by atoms with van der Waals surface area (Å²) in [6.07, 6.45) is 0.743. The Labute approximate surface area is 145 Å². The van der Waals surface area contributed by atoms with Crippen LogP contribution in [0.4, 0.5) is 10.1 Å². The fourth-order valence-electron chi connectivity index (χ4n) is 3.19. The van der Waals surface area contributed by atoms with E-state index in [4.69, 9.17) is 5.73 Å². The van der Waals surface area contributed by atoms with Crippen molar-refractivity contribution in [3.05, 3.63) is 65.0 Å². The fraction of sp³-hybridized carbons (Fsp3) is 0.263. The maximum absolute atomic E-state index is 13.5. The van der Waals surface area contributed by atoms with Crippen molar-refractivity contribution in [3.63, 3.8) is 0 Å². The highest BCUT2D eigenvalue weighted by atomic mass is 19.1. The van der Waals surface area contributed by atoms with E-state index in [1.54, 1.807) is 25.1 Å². The highest BCUT2D eigenvalue weighted by Gasteiger charge is 2.26. The number of para-hydroxylation sites is 1. The summed E-state index contributed by atoms with van der Waals surface area (Å²) < 4.78 is 13.5. The van der Waals surface area contributed by atoms with Crippen LogP contribution in [0.3, 0.4) is 0 Å². The van der Waals surface area contributed by atoms with Crippen LogP contribution in [0.5, 0.6) is 0 Å². The first-order chi connectivity index (χ1) is 11.9. The molecule has 0 spiro atoms. The number of hydrogen-bond donors (Lipinski definition) is 2. The molecule has 6 heteroatoms. The van der Waals surface area contributed by atoms with Crippen LogP contribution in [0, 0.1) is 12.7 Å². The highest BCUT2D eigenvalue weighted by molar-refractivity contribution is 5.98. The Hall–Kier alpha value is -2.89. The zero-order valence-corrected chi connectivity index (χ0v) is 14.0. The first kappa shape index (κ1) is 17.0. The molecule has 1 unspecified atom stereocenters. The number of nitrogens with two attached hydrogens (primary N) is 1. The molecule has 0 aromatic heterocycles. The number of halogens is 1. The third-order valence-electron chi connectivity index (χ3n) is 4.34. The van der Waals surface area contributed by atoms with Crippen LogP contribution in [0.1, 0.15) is 32.7 Å². The van der Waals surface area contributed by atoms with Crippen molar-refractivity contribution in [1.82, 2.24) is 5.32 Å². The number of carbonyl (C=O) groups excluding carboxylic acids is 2. The molecule has 0 saturated carbocycles. The normalized spacial score (nSPS) is 16.7. The smallest absolute Gasteiger partial charge is 0.251 e. The van der Waals surface area contributed by atoms with E-state index in [-0.39, 0.29) is 11.9 Å². The molecule has 1 saturated heterocycles. The van der Waals surface area contributed by atoms with Crippen LogP contribution >= 0.6 is 0 Å². The minimum absolute atomic E-state index is 0.0722. The van der Waals surface area contributed by atoms with Gasteiger partial charge in [0.05, 0.1) is 5.56 Å². The van der Waals surface area contributed by atoms with Gasteiger partial charge in [-0.2, -0.15) is 0 Å². The van der Waals surface area contributed by atoms with Crippen molar-refractivity contribution < 1.29 is 14.0 Å². The number of amides is 2. The van der Waals surface area contributed by atoms with Crippen molar-refractivity contribution in [2.24, 2.45) is 5.73 Å². The fourth-order valence-corrected chi connectivity index (χ4v) is 3.19. The number of benzene rings is 2. The zero-order valence-electron chi connectivity index (χ0n) is 14.0. The Morgan fingerprint density at radius 3 is 2.72 bits per heavy atom. The number of carbonyl (C=O) groups is 2. The molecule has 130 valence electrons. The van der Waals surface area contributed by atoms with E-state index in [1.165, 1.54) is 12.1 Å². The van der Waals surface area contributed by atoms with Crippen molar-refractivity contribution in [1.29, 1.82) is 0 Å². The highest BCUT2D eigenvalue weighted by Crippen LogP contribution is 2.24. The molecule has 1 aliphatic heterocycles. The largest absolute Gasteiger partial charge is 0.369 e. The summed E-state index contributed by atoms with van der Waals surface area (Å²) in [5.41, 5.74) is 7.69. The summed E-state index contributed by atoms with van der Waals surface area (Å²) in [6.45, 7) is 3.03. The Bertz CT molecular complexity index is 802. The first-order valence-electron chi connectivity index (χ1n) is 8.16. The average Bonchev–Trinajstić information content (AvgIpc) is 3.02. The van der Waals surface area contributed by atoms with Gasteiger partial charge in [-0.3, -0.25) is 9.59 Å². The number of hydrogen-bond acceptors (Lipinski definition) is 3. The molecule has 5 nitrogen and oxygen atoms in total. The van der Waals surface area contributed by atoms with Gasteiger partial charge in [0.15, 0.2) is 0 Å². The van der Waals surface area contributed by atoms with Gasteiger partial charge >= 0.3 is 0 Å². The molecule has 0 aliphatic carbocycles. The molecule has 3 N–H and O–H groups in total. The molecule has 0 bridgehead atoms. The Morgan fingerprint density at radius 1 is 1.24 bits per heavy atom. The van der Waals surface area contributed by atoms with Gasteiger partial charge in [0, 0.05) is 30.4 Å². The third kappa shape index (κ3) is 3.79. The Balaban J connectivity index is 1.69. The van der Waals surface area contributed by atoms with Gasteiger partial charge in [-0.1, -0.05) is 12.1 Å². The molecule has 2 aromatic rings. The monoisotopic (exact) mass is 341 g/mol. The van der Waals surface area contributed by atoms with E-state index in [0.717, 1.165) is 12.1 Å². The summed E-state index contributed by atoms with van der Waals surface area (Å²) in [4.78, 5) is 26.0. The van der Waals surface area contributed by atoms with E-state index in [1.807, 2.05) is 17.0 Å². The minimum Gasteiger partial charge on any atom is -0.369 e. The lowest BCUT2D eigenvalue weighted by Gasteiger charge is -2.21. The average molecular weight is 341 g/mol. The van der Waals surface area contributed by atoms with E-state index in [9.17, 15) is 14.0 Å². The van der Waals surface area contributed by atoms with Crippen LogP contribution in [0.25, 0.3) is 0 Å². The lowest BCUT2D eigenvalue weighted by molar-refractivity contribution is 0.0938. The Kier molecular flexibility index (Phi) is 4.70. The van der Waals surface area contributed by atoms with Gasteiger partial charge in [0.2, 0.25) is 0 Å². The van der Waals surface area contributed by atoms with E-state index < -0.39 is 11.7 Å². The molecular weight excluding hydrogens is 321 g/mol. The summed E-state index contributed by atoms with van der Waals surface area (Å²) >= 11 is 0.